The minimum atomic E-state index is -1.51. The van der Waals surface area contributed by atoms with Crippen LogP contribution in [0.15, 0.2) is 54.7 Å². The molecule has 246 valence electrons. The molecule has 1 fully saturated rings. The normalized spacial score (nSPS) is 17.1. The molecule has 1 aliphatic rings. The van der Waals surface area contributed by atoms with Gasteiger partial charge in [-0.25, -0.2) is 4.79 Å². The summed E-state index contributed by atoms with van der Waals surface area (Å²) in [4.78, 5) is 69.0. The number of nitrogens with one attached hydrogen (secondary N) is 4. The number of nitrogens with zero attached hydrogens (tertiary/aromatic N) is 1. The van der Waals surface area contributed by atoms with Gasteiger partial charge in [-0.15, -0.1) is 0 Å². The number of H-pyrrole nitrogens is 1. The van der Waals surface area contributed by atoms with Gasteiger partial charge in [0.25, 0.3) is 0 Å². The van der Waals surface area contributed by atoms with Gasteiger partial charge in [0.2, 0.25) is 23.6 Å². The zero-order valence-electron chi connectivity index (χ0n) is 24.9. The minimum absolute atomic E-state index is 0.00679. The Bertz CT molecular complexity index is 1560. The number of rotatable bonds is 14. The number of hydrogen-bond donors (Lipinski definition) is 9. The number of carboxylic acid groups (broad SMARTS) is 1. The second-order valence-corrected chi connectivity index (χ2v) is 11.1. The number of benzene rings is 2. The Hall–Kier alpha value is -4.99. The van der Waals surface area contributed by atoms with Crippen LogP contribution in [0.25, 0.3) is 10.9 Å². The standard InChI is InChI=1S/C31H38N6O9/c32-21(15-38)30(44)37-11-3-6-26(37)29(43)36-25(16-39)28(42)34-23(13-18-14-33-22-5-2-1-4-20(18)22)27(41)35-24(31(45)46)12-17-7-9-19(40)10-8-17/h1-2,4-5,7-10,14,21,23-26,33,38-40H,3,6,11-13,15-16,32H2,(H,34,42)(H,35,41)(H,36,43)(H,45,46)/t21-,23-,24-,25-,26-/m0/s1. The van der Waals surface area contributed by atoms with E-state index in [0.717, 1.165) is 10.9 Å². The number of amides is 4. The number of nitrogens with two attached hydrogens (primary N) is 1. The Balaban J connectivity index is 1.52. The molecule has 0 bridgehead atoms. The maximum atomic E-state index is 13.6. The number of aromatic hydroxyl groups is 1. The number of aromatic amines is 1. The fourth-order valence-corrected chi connectivity index (χ4v) is 5.40. The number of carbonyl (C=O) groups excluding carboxylic acids is 4. The third-order valence-electron chi connectivity index (χ3n) is 7.89. The van der Waals surface area contributed by atoms with Crippen molar-refractivity contribution in [2.24, 2.45) is 5.73 Å². The van der Waals surface area contributed by atoms with Gasteiger partial charge in [0.1, 0.15) is 36.0 Å². The number of aliphatic carboxylic acids is 1. The molecule has 1 aromatic heterocycles. The molecule has 2 heterocycles. The van der Waals surface area contributed by atoms with Crippen molar-refractivity contribution in [2.45, 2.75) is 55.9 Å². The first-order chi connectivity index (χ1) is 22.0. The number of carbonyl (C=O) groups is 5. The summed E-state index contributed by atoms with van der Waals surface area (Å²) in [6.07, 6.45) is 2.25. The predicted octanol–water partition coefficient (Wildman–Crippen LogP) is -1.50. The highest BCUT2D eigenvalue weighted by atomic mass is 16.4. The first kappa shape index (κ1) is 33.9. The molecule has 5 atom stereocenters. The fourth-order valence-electron chi connectivity index (χ4n) is 5.40. The van der Waals surface area contributed by atoms with Crippen molar-refractivity contribution < 1.29 is 44.4 Å². The van der Waals surface area contributed by atoms with E-state index in [-0.39, 0.29) is 31.6 Å². The van der Waals surface area contributed by atoms with Gasteiger partial charge in [0, 0.05) is 36.5 Å². The average molecular weight is 639 g/mol. The molecule has 4 rings (SSSR count). The van der Waals surface area contributed by atoms with Crippen LogP contribution in [0, 0.1) is 0 Å². The number of phenols is 1. The smallest absolute Gasteiger partial charge is 0.326 e. The van der Waals surface area contributed by atoms with Gasteiger partial charge in [-0.05, 0) is 42.2 Å². The SMILES string of the molecule is N[C@@H](CO)C(=O)N1CCC[C@H]1C(=O)N[C@@H](CO)C(=O)N[C@@H](Cc1c[nH]c2ccccc12)C(=O)N[C@@H](Cc1ccc(O)cc1)C(=O)O. The summed E-state index contributed by atoms with van der Waals surface area (Å²) in [6, 6.07) is 6.67. The number of phenolic OH excluding ortho intramolecular Hbond substituents is 1. The lowest BCUT2D eigenvalue weighted by Crippen LogP contribution is -2.59. The van der Waals surface area contributed by atoms with Crippen molar-refractivity contribution in [1.82, 2.24) is 25.8 Å². The molecule has 0 spiro atoms. The van der Waals surface area contributed by atoms with Crippen molar-refractivity contribution in [3.8, 4) is 5.75 Å². The number of aromatic nitrogens is 1. The van der Waals surface area contributed by atoms with E-state index in [2.05, 4.69) is 20.9 Å². The monoisotopic (exact) mass is 638 g/mol. The van der Waals surface area contributed by atoms with Gasteiger partial charge in [-0.2, -0.15) is 0 Å². The van der Waals surface area contributed by atoms with Gasteiger partial charge < -0.3 is 52.0 Å². The van der Waals surface area contributed by atoms with Crippen LogP contribution in [0.3, 0.4) is 0 Å². The molecule has 2 aromatic carbocycles. The molecule has 0 unspecified atom stereocenters. The molecule has 15 heteroatoms. The van der Waals surface area contributed by atoms with Crippen molar-refractivity contribution in [3.63, 3.8) is 0 Å². The van der Waals surface area contributed by atoms with E-state index in [1.807, 2.05) is 18.2 Å². The van der Waals surface area contributed by atoms with Gasteiger partial charge in [-0.1, -0.05) is 30.3 Å². The second kappa shape index (κ2) is 15.3. The Morgan fingerprint density at radius 2 is 1.57 bits per heavy atom. The van der Waals surface area contributed by atoms with Gasteiger partial charge in [-0.3, -0.25) is 19.2 Å². The largest absolute Gasteiger partial charge is 0.508 e. The zero-order chi connectivity index (χ0) is 33.4. The number of para-hydroxylation sites is 1. The molecular formula is C31H38N6O9. The number of aliphatic hydroxyl groups excluding tert-OH is 2. The lowest BCUT2D eigenvalue weighted by molar-refractivity contribution is -0.142. The molecule has 1 aliphatic heterocycles. The molecule has 0 saturated carbocycles. The van der Waals surface area contributed by atoms with E-state index < -0.39 is 73.0 Å². The third kappa shape index (κ3) is 8.18. The fraction of sp³-hybridized carbons (Fsp3) is 0.387. The highest BCUT2D eigenvalue weighted by molar-refractivity contribution is 5.96. The molecule has 4 amide bonds. The summed E-state index contributed by atoms with van der Waals surface area (Å²) >= 11 is 0. The summed E-state index contributed by atoms with van der Waals surface area (Å²) in [6.45, 7) is -1.22. The third-order valence-corrected chi connectivity index (χ3v) is 7.89. The first-order valence-corrected chi connectivity index (χ1v) is 14.8. The second-order valence-electron chi connectivity index (χ2n) is 11.1. The molecule has 46 heavy (non-hydrogen) atoms. The van der Waals surface area contributed by atoms with Crippen molar-refractivity contribution in [1.29, 1.82) is 0 Å². The number of fused-ring (bicyclic) bond motifs is 1. The molecule has 1 saturated heterocycles. The van der Waals surface area contributed by atoms with Crippen molar-refractivity contribution >= 4 is 40.5 Å². The lowest BCUT2D eigenvalue weighted by Gasteiger charge is -2.28. The van der Waals surface area contributed by atoms with Crippen LogP contribution in [-0.4, -0.2) is 110 Å². The first-order valence-electron chi connectivity index (χ1n) is 14.8. The van der Waals surface area contributed by atoms with E-state index >= 15 is 0 Å². The maximum absolute atomic E-state index is 13.6. The average Bonchev–Trinajstić information content (AvgIpc) is 3.71. The molecule has 10 N–H and O–H groups in total. The van der Waals surface area contributed by atoms with Crippen LogP contribution >= 0.6 is 0 Å². The summed E-state index contributed by atoms with van der Waals surface area (Å²) < 4.78 is 0. The number of hydrogen-bond acceptors (Lipinski definition) is 9. The molecule has 15 nitrogen and oxygen atoms in total. The van der Waals surface area contributed by atoms with Gasteiger partial charge in [0.05, 0.1) is 13.2 Å². The van der Waals surface area contributed by atoms with E-state index in [1.165, 1.54) is 29.2 Å². The number of aliphatic hydroxyl groups is 2. The van der Waals surface area contributed by atoms with Crippen LogP contribution in [0.4, 0.5) is 0 Å². The Labute approximate surface area is 263 Å². The quantitative estimate of drug-likeness (QED) is 0.0989. The summed E-state index contributed by atoms with van der Waals surface area (Å²) in [7, 11) is 0. The van der Waals surface area contributed by atoms with E-state index in [0.29, 0.717) is 17.5 Å². The zero-order valence-corrected chi connectivity index (χ0v) is 24.9. The van der Waals surface area contributed by atoms with Crippen molar-refractivity contribution in [3.05, 3.63) is 65.9 Å². The molecule has 0 radical (unpaired) electrons. The van der Waals surface area contributed by atoms with Crippen LogP contribution in [0.5, 0.6) is 5.75 Å². The Morgan fingerprint density at radius 3 is 2.24 bits per heavy atom. The summed E-state index contributed by atoms with van der Waals surface area (Å²) in [5.41, 5.74) is 7.60. The van der Waals surface area contributed by atoms with E-state index in [1.54, 1.807) is 12.3 Å². The highest BCUT2D eigenvalue weighted by Gasteiger charge is 2.38. The van der Waals surface area contributed by atoms with Crippen LogP contribution in [0.2, 0.25) is 0 Å². The molecule has 0 aliphatic carbocycles. The molecular weight excluding hydrogens is 600 g/mol. The maximum Gasteiger partial charge on any atom is 0.326 e. The Morgan fingerprint density at radius 1 is 0.891 bits per heavy atom. The topological polar surface area (TPSA) is 247 Å². The Kier molecular flexibility index (Phi) is 11.3. The summed E-state index contributed by atoms with van der Waals surface area (Å²) in [5, 5.41) is 46.9. The van der Waals surface area contributed by atoms with Crippen molar-refractivity contribution in [2.75, 3.05) is 19.8 Å². The van der Waals surface area contributed by atoms with Gasteiger partial charge >= 0.3 is 5.97 Å². The molecule has 3 aromatic rings. The van der Waals surface area contributed by atoms with E-state index in [4.69, 9.17) is 5.73 Å². The lowest BCUT2D eigenvalue weighted by atomic mass is 10.0. The number of carboxylic acids is 1. The highest BCUT2D eigenvalue weighted by Crippen LogP contribution is 2.21. The minimum Gasteiger partial charge on any atom is -0.508 e. The predicted molar refractivity (Wildman–Crippen MR) is 164 cm³/mol. The van der Waals surface area contributed by atoms with Crippen LogP contribution in [0.1, 0.15) is 24.0 Å². The van der Waals surface area contributed by atoms with Crippen LogP contribution in [-0.2, 0) is 36.8 Å². The van der Waals surface area contributed by atoms with Gasteiger partial charge in [0.15, 0.2) is 0 Å². The summed E-state index contributed by atoms with van der Waals surface area (Å²) in [5.74, 6) is -4.41. The van der Waals surface area contributed by atoms with Crippen LogP contribution < -0.4 is 21.7 Å². The number of likely N-dealkylation sites (tertiary alicyclic amines) is 1. The van der Waals surface area contributed by atoms with E-state index in [9.17, 15) is 44.4 Å².